The summed E-state index contributed by atoms with van der Waals surface area (Å²) in [5, 5.41) is 8.40. The van der Waals surface area contributed by atoms with Crippen LogP contribution in [0.3, 0.4) is 0 Å². The molecule has 28 heavy (non-hydrogen) atoms. The Morgan fingerprint density at radius 2 is 1.93 bits per heavy atom. The fraction of sp³-hybridized carbons (Fsp3) is 0.529. The maximum Gasteiger partial charge on any atom is 0.422 e. The first kappa shape index (κ1) is 26.2. The summed E-state index contributed by atoms with van der Waals surface area (Å²) in [6.07, 6.45) is -4.41. The Kier molecular flexibility index (Phi) is 12.6. The van der Waals surface area contributed by atoms with Crippen LogP contribution in [-0.2, 0) is 16.1 Å². The molecule has 0 aliphatic rings. The molecule has 11 heteroatoms. The quantitative estimate of drug-likeness (QED) is 0.202. The van der Waals surface area contributed by atoms with Crippen molar-refractivity contribution in [2.24, 2.45) is 4.99 Å². The van der Waals surface area contributed by atoms with E-state index in [-0.39, 0.29) is 48.7 Å². The molecule has 1 aromatic rings. The minimum absolute atomic E-state index is 0. The number of amides is 1. The second-order valence-electron chi connectivity index (χ2n) is 5.64. The molecule has 160 valence electrons. The molecule has 0 aliphatic heterocycles. The van der Waals surface area contributed by atoms with Crippen molar-refractivity contribution in [1.82, 2.24) is 16.0 Å². The number of alkyl halides is 3. The number of carbonyl (C=O) groups excluding carboxylic acids is 1. The van der Waals surface area contributed by atoms with Crippen molar-refractivity contribution in [3.05, 3.63) is 29.3 Å². The van der Waals surface area contributed by atoms with Gasteiger partial charge in [0.2, 0.25) is 5.91 Å². The molecule has 0 bridgehead atoms. The number of aryl methyl sites for hydroxylation is 1. The molecule has 0 saturated carbocycles. The zero-order valence-corrected chi connectivity index (χ0v) is 18.3. The highest BCUT2D eigenvalue weighted by atomic mass is 127. The Hall–Kier alpha value is -1.76. The van der Waals surface area contributed by atoms with Gasteiger partial charge in [0.05, 0.1) is 13.2 Å². The number of hydrogen-bond donors (Lipinski definition) is 3. The molecule has 1 amide bonds. The van der Waals surface area contributed by atoms with Crippen LogP contribution in [0, 0.1) is 6.92 Å². The van der Waals surface area contributed by atoms with Crippen molar-refractivity contribution in [3.63, 3.8) is 0 Å². The topological polar surface area (TPSA) is 84.0 Å². The number of guanidine groups is 1. The van der Waals surface area contributed by atoms with Gasteiger partial charge in [0.1, 0.15) is 5.75 Å². The number of halogens is 4. The number of nitrogens with zero attached hydrogens (tertiary/aromatic N) is 1. The Labute approximate surface area is 179 Å². The summed E-state index contributed by atoms with van der Waals surface area (Å²) in [7, 11) is 3.06. The number of aliphatic imine (C=N–C) groups is 1. The van der Waals surface area contributed by atoms with E-state index in [0.717, 1.165) is 5.56 Å². The SMILES string of the molecule is CN=C(NCC(=O)NCCOC)NCc1ccc(C)cc1OCC(F)(F)F.I. The summed E-state index contributed by atoms with van der Waals surface area (Å²) >= 11 is 0. The second-order valence-corrected chi connectivity index (χ2v) is 5.64. The van der Waals surface area contributed by atoms with Gasteiger partial charge in [0.15, 0.2) is 12.6 Å². The third-order valence-electron chi connectivity index (χ3n) is 3.33. The summed E-state index contributed by atoms with van der Waals surface area (Å²) in [5.41, 5.74) is 1.32. The molecule has 0 aromatic heterocycles. The molecule has 0 fully saturated rings. The monoisotopic (exact) mass is 518 g/mol. The van der Waals surface area contributed by atoms with E-state index in [9.17, 15) is 18.0 Å². The largest absolute Gasteiger partial charge is 0.484 e. The van der Waals surface area contributed by atoms with Crippen molar-refractivity contribution < 1.29 is 27.4 Å². The number of carbonyl (C=O) groups is 1. The summed E-state index contributed by atoms with van der Waals surface area (Å²) in [6, 6.07) is 5.00. The average molecular weight is 518 g/mol. The molecule has 0 radical (unpaired) electrons. The number of ether oxygens (including phenoxy) is 2. The van der Waals surface area contributed by atoms with Gasteiger partial charge in [-0.25, -0.2) is 0 Å². The maximum absolute atomic E-state index is 12.4. The van der Waals surface area contributed by atoms with Gasteiger partial charge in [-0.15, -0.1) is 24.0 Å². The first-order chi connectivity index (χ1) is 12.7. The lowest BCUT2D eigenvalue weighted by atomic mass is 10.1. The summed E-state index contributed by atoms with van der Waals surface area (Å²) in [4.78, 5) is 15.6. The van der Waals surface area contributed by atoms with E-state index in [2.05, 4.69) is 20.9 Å². The van der Waals surface area contributed by atoms with Gasteiger partial charge in [0, 0.05) is 32.8 Å². The van der Waals surface area contributed by atoms with Gasteiger partial charge in [-0.2, -0.15) is 13.2 Å². The maximum atomic E-state index is 12.4. The van der Waals surface area contributed by atoms with Crippen LogP contribution in [0.5, 0.6) is 5.75 Å². The van der Waals surface area contributed by atoms with Crippen LogP contribution in [0.2, 0.25) is 0 Å². The molecule has 3 N–H and O–H groups in total. The van der Waals surface area contributed by atoms with Gasteiger partial charge in [-0.3, -0.25) is 9.79 Å². The van der Waals surface area contributed by atoms with E-state index >= 15 is 0 Å². The van der Waals surface area contributed by atoms with Crippen LogP contribution in [0.1, 0.15) is 11.1 Å². The van der Waals surface area contributed by atoms with Gasteiger partial charge in [-0.1, -0.05) is 12.1 Å². The molecular weight excluding hydrogens is 492 g/mol. The van der Waals surface area contributed by atoms with Gasteiger partial charge >= 0.3 is 6.18 Å². The molecule has 0 saturated heterocycles. The highest BCUT2D eigenvalue weighted by Crippen LogP contribution is 2.23. The first-order valence-electron chi connectivity index (χ1n) is 8.24. The predicted octanol–water partition coefficient (Wildman–Crippen LogP) is 1.98. The molecule has 0 unspecified atom stereocenters. The highest BCUT2D eigenvalue weighted by Gasteiger charge is 2.28. The first-order valence-corrected chi connectivity index (χ1v) is 8.24. The number of rotatable bonds is 9. The molecule has 1 aromatic carbocycles. The number of nitrogens with one attached hydrogen (secondary N) is 3. The van der Waals surface area contributed by atoms with Crippen molar-refractivity contribution >= 4 is 35.8 Å². The third-order valence-corrected chi connectivity index (χ3v) is 3.33. The molecule has 0 atom stereocenters. The molecule has 1 rings (SSSR count). The molecule has 0 spiro atoms. The van der Waals surface area contributed by atoms with Crippen molar-refractivity contribution in [3.8, 4) is 5.75 Å². The van der Waals surface area contributed by atoms with Crippen LogP contribution in [-0.4, -0.2) is 58.5 Å². The summed E-state index contributed by atoms with van der Waals surface area (Å²) < 4.78 is 47.0. The van der Waals surface area contributed by atoms with Gasteiger partial charge < -0.3 is 25.4 Å². The zero-order chi connectivity index (χ0) is 20.3. The lowest BCUT2D eigenvalue weighted by molar-refractivity contribution is -0.153. The Bertz CT molecular complexity index is 643. The number of methoxy groups -OCH3 is 1. The Morgan fingerprint density at radius 1 is 1.21 bits per heavy atom. The van der Waals surface area contributed by atoms with Crippen LogP contribution in [0.15, 0.2) is 23.2 Å². The number of hydrogen-bond acceptors (Lipinski definition) is 4. The van der Waals surface area contributed by atoms with E-state index in [1.807, 2.05) is 0 Å². The van der Waals surface area contributed by atoms with Crippen molar-refractivity contribution in [1.29, 1.82) is 0 Å². The number of benzene rings is 1. The minimum atomic E-state index is -4.41. The van der Waals surface area contributed by atoms with Crippen molar-refractivity contribution in [2.45, 2.75) is 19.6 Å². The van der Waals surface area contributed by atoms with E-state index < -0.39 is 12.8 Å². The molecule has 0 heterocycles. The van der Waals surface area contributed by atoms with E-state index in [1.165, 1.54) is 14.2 Å². The second kappa shape index (κ2) is 13.4. The minimum Gasteiger partial charge on any atom is -0.484 e. The third kappa shape index (κ3) is 11.2. The van der Waals surface area contributed by atoms with E-state index in [4.69, 9.17) is 9.47 Å². The zero-order valence-electron chi connectivity index (χ0n) is 16.0. The van der Waals surface area contributed by atoms with Crippen LogP contribution < -0.4 is 20.7 Å². The van der Waals surface area contributed by atoms with Crippen molar-refractivity contribution in [2.75, 3.05) is 40.5 Å². The Balaban J connectivity index is 0.00000729. The van der Waals surface area contributed by atoms with Crippen LogP contribution in [0.4, 0.5) is 13.2 Å². The van der Waals surface area contributed by atoms with E-state index in [1.54, 1.807) is 25.1 Å². The normalized spacial score (nSPS) is 11.4. The lowest BCUT2D eigenvalue weighted by Gasteiger charge is -2.16. The van der Waals surface area contributed by atoms with Gasteiger partial charge in [0.25, 0.3) is 0 Å². The fourth-order valence-corrected chi connectivity index (χ4v) is 2.02. The predicted molar refractivity (Wildman–Crippen MR) is 111 cm³/mol. The Morgan fingerprint density at radius 3 is 2.54 bits per heavy atom. The molecule has 0 aliphatic carbocycles. The molecule has 7 nitrogen and oxygen atoms in total. The average Bonchev–Trinajstić information content (AvgIpc) is 2.61. The summed E-state index contributed by atoms with van der Waals surface area (Å²) in [6.45, 7) is 1.38. The van der Waals surface area contributed by atoms with Gasteiger partial charge in [-0.05, 0) is 18.6 Å². The highest BCUT2D eigenvalue weighted by molar-refractivity contribution is 14.0. The standard InChI is InChI=1S/C17H25F3N4O3.HI/c1-12-4-5-13(14(8-12)27-11-17(18,19)20)9-23-16(21-2)24-10-15(25)22-6-7-26-3;/h4-5,8H,6-7,9-11H2,1-3H3,(H,22,25)(H2,21,23,24);1H. The fourth-order valence-electron chi connectivity index (χ4n) is 2.02. The molecular formula is C17H26F3IN4O3. The lowest BCUT2D eigenvalue weighted by Crippen LogP contribution is -2.43. The smallest absolute Gasteiger partial charge is 0.422 e. The summed E-state index contributed by atoms with van der Waals surface area (Å²) in [5.74, 6) is 0.242. The van der Waals surface area contributed by atoms with E-state index in [0.29, 0.717) is 24.7 Å². The van der Waals surface area contributed by atoms with Crippen LogP contribution >= 0.6 is 24.0 Å². The van der Waals surface area contributed by atoms with Crippen LogP contribution in [0.25, 0.3) is 0 Å².